The Morgan fingerprint density at radius 3 is 2.44 bits per heavy atom. The molecule has 0 aliphatic heterocycles. The van der Waals surface area contributed by atoms with Crippen LogP contribution in [0.5, 0.6) is 0 Å². The minimum absolute atomic E-state index is 0.132. The molecule has 1 amide bonds. The molecule has 0 N–H and O–H groups in total. The maximum Gasteiger partial charge on any atom is 0.416 e. The van der Waals surface area contributed by atoms with Crippen molar-refractivity contribution in [2.24, 2.45) is 0 Å². The molecule has 88 valence electrons. The maximum absolute atomic E-state index is 12.4. The van der Waals surface area contributed by atoms with Crippen molar-refractivity contribution in [3.63, 3.8) is 0 Å². The number of carbonyl (C=O) groups excluding carboxylic acids is 1. The summed E-state index contributed by atoms with van der Waals surface area (Å²) in [4.78, 5) is 15.6. The van der Waals surface area contributed by atoms with E-state index < -0.39 is 17.6 Å². The van der Waals surface area contributed by atoms with Gasteiger partial charge in [-0.25, -0.2) is 4.98 Å². The number of carbonyl (C=O) groups is 1. The van der Waals surface area contributed by atoms with Crippen LogP contribution in [0.25, 0.3) is 0 Å². The molecule has 16 heavy (non-hydrogen) atoms. The van der Waals surface area contributed by atoms with E-state index in [1.165, 1.54) is 14.0 Å². The molecule has 0 saturated heterocycles. The standard InChI is InChI=1S/C9H8ClF3N2O/c1-5(16)15(2)8-4-6(9(11,12)13)3-7(10)14-8/h3-4H,1-2H3. The molecular weight excluding hydrogens is 245 g/mol. The molecular formula is C9H8ClF3N2O. The highest BCUT2D eigenvalue weighted by atomic mass is 35.5. The first-order valence-electron chi connectivity index (χ1n) is 4.21. The Labute approximate surface area is 94.8 Å². The van der Waals surface area contributed by atoms with Crippen molar-refractivity contribution in [2.45, 2.75) is 13.1 Å². The Morgan fingerprint density at radius 1 is 1.44 bits per heavy atom. The molecule has 1 aromatic rings. The third-order valence-electron chi connectivity index (χ3n) is 1.92. The van der Waals surface area contributed by atoms with Crippen LogP contribution in [0.1, 0.15) is 12.5 Å². The third-order valence-corrected chi connectivity index (χ3v) is 2.12. The van der Waals surface area contributed by atoms with Gasteiger partial charge in [0.15, 0.2) is 0 Å². The number of alkyl halides is 3. The number of aromatic nitrogens is 1. The summed E-state index contributed by atoms with van der Waals surface area (Å²) in [5.41, 5.74) is -0.935. The quantitative estimate of drug-likeness (QED) is 0.720. The lowest BCUT2D eigenvalue weighted by Crippen LogP contribution is -2.24. The van der Waals surface area contributed by atoms with E-state index in [1.54, 1.807) is 0 Å². The van der Waals surface area contributed by atoms with E-state index in [4.69, 9.17) is 11.6 Å². The van der Waals surface area contributed by atoms with Gasteiger partial charge in [-0.3, -0.25) is 4.79 Å². The van der Waals surface area contributed by atoms with Crippen LogP contribution >= 0.6 is 11.6 Å². The topological polar surface area (TPSA) is 33.2 Å². The SMILES string of the molecule is CC(=O)N(C)c1cc(C(F)(F)F)cc(Cl)n1. The lowest BCUT2D eigenvalue weighted by atomic mass is 10.2. The van der Waals surface area contributed by atoms with Crippen LogP contribution in [0.3, 0.4) is 0 Å². The minimum atomic E-state index is -4.51. The van der Waals surface area contributed by atoms with Gasteiger partial charge in [0.05, 0.1) is 5.56 Å². The molecule has 1 heterocycles. The first-order chi connectivity index (χ1) is 7.21. The number of halogens is 4. The number of rotatable bonds is 1. The molecule has 1 rings (SSSR count). The highest BCUT2D eigenvalue weighted by Gasteiger charge is 2.32. The van der Waals surface area contributed by atoms with Crippen molar-refractivity contribution in [2.75, 3.05) is 11.9 Å². The second kappa shape index (κ2) is 4.29. The van der Waals surface area contributed by atoms with Gasteiger partial charge in [0.1, 0.15) is 11.0 Å². The summed E-state index contributed by atoms with van der Waals surface area (Å²) < 4.78 is 37.3. The number of amides is 1. The Balaban J connectivity index is 3.23. The van der Waals surface area contributed by atoms with Crippen LogP contribution in [0.15, 0.2) is 12.1 Å². The van der Waals surface area contributed by atoms with E-state index in [0.717, 1.165) is 11.0 Å². The van der Waals surface area contributed by atoms with Crippen molar-refractivity contribution >= 4 is 23.3 Å². The molecule has 0 spiro atoms. The number of nitrogens with zero attached hydrogens (tertiary/aromatic N) is 2. The Morgan fingerprint density at radius 2 is 2.00 bits per heavy atom. The first kappa shape index (κ1) is 12.8. The first-order valence-corrected chi connectivity index (χ1v) is 4.58. The van der Waals surface area contributed by atoms with Crippen molar-refractivity contribution in [1.29, 1.82) is 0 Å². The molecule has 0 radical (unpaired) electrons. The van der Waals surface area contributed by atoms with E-state index in [2.05, 4.69) is 4.98 Å². The van der Waals surface area contributed by atoms with Gasteiger partial charge in [-0.05, 0) is 12.1 Å². The van der Waals surface area contributed by atoms with E-state index in [-0.39, 0.29) is 11.0 Å². The van der Waals surface area contributed by atoms with Crippen LogP contribution in [0, 0.1) is 0 Å². The molecule has 0 fully saturated rings. The highest BCUT2D eigenvalue weighted by molar-refractivity contribution is 6.29. The van der Waals surface area contributed by atoms with E-state index in [1.807, 2.05) is 0 Å². The fourth-order valence-electron chi connectivity index (χ4n) is 0.980. The van der Waals surface area contributed by atoms with Crippen LogP contribution in [-0.2, 0) is 11.0 Å². The van der Waals surface area contributed by atoms with Crippen LogP contribution < -0.4 is 4.90 Å². The average Bonchev–Trinajstić information content (AvgIpc) is 2.14. The van der Waals surface area contributed by atoms with Crippen LogP contribution in [0.4, 0.5) is 19.0 Å². The zero-order valence-corrected chi connectivity index (χ0v) is 9.23. The average molecular weight is 253 g/mol. The molecule has 0 aliphatic carbocycles. The summed E-state index contributed by atoms with van der Waals surface area (Å²) in [6.45, 7) is 1.22. The molecule has 0 atom stereocenters. The van der Waals surface area contributed by atoms with Crippen LogP contribution in [0.2, 0.25) is 5.15 Å². The summed E-state index contributed by atoms with van der Waals surface area (Å²) in [6, 6.07) is 1.48. The lowest BCUT2D eigenvalue weighted by Gasteiger charge is -2.16. The fraction of sp³-hybridized carbons (Fsp3) is 0.333. The Kier molecular flexibility index (Phi) is 3.42. The van der Waals surface area contributed by atoms with Crippen molar-refractivity contribution in [3.8, 4) is 0 Å². The molecule has 0 unspecified atom stereocenters. The van der Waals surface area contributed by atoms with Gasteiger partial charge >= 0.3 is 6.18 Å². The fourth-order valence-corrected chi connectivity index (χ4v) is 1.18. The Bertz CT molecular complexity index is 420. The maximum atomic E-state index is 12.4. The summed E-state index contributed by atoms with van der Waals surface area (Å²) in [5.74, 6) is -0.560. The predicted octanol–water partition coefficient (Wildman–Crippen LogP) is 2.74. The molecule has 0 saturated carbocycles. The van der Waals surface area contributed by atoms with E-state index >= 15 is 0 Å². The molecule has 1 aromatic heterocycles. The normalized spacial score (nSPS) is 11.4. The summed E-state index contributed by atoms with van der Waals surface area (Å²) in [6.07, 6.45) is -4.51. The number of pyridine rings is 1. The van der Waals surface area contributed by atoms with Gasteiger partial charge in [-0.2, -0.15) is 13.2 Å². The van der Waals surface area contributed by atoms with Gasteiger partial charge in [-0.1, -0.05) is 11.6 Å². The molecule has 7 heteroatoms. The second-order valence-corrected chi connectivity index (χ2v) is 3.50. The van der Waals surface area contributed by atoms with Gasteiger partial charge in [-0.15, -0.1) is 0 Å². The van der Waals surface area contributed by atoms with Crippen molar-refractivity contribution in [3.05, 3.63) is 22.8 Å². The Hall–Kier alpha value is -1.30. The van der Waals surface area contributed by atoms with Gasteiger partial charge < -0.3 is 4.90 Å². The smallest absolute Gasteiger partial charge is 0.300 e. The van der Waals surface area contributed by atoms with Crippen LogP contribution in [-0.4, -0.2) is 17.9 Å². The zero-order valence-electron chi connectivity index (χ0n) is 8.47. The molecule has 3 nitrogen and oxygen atoms in total. The van der Waals surface area contributed by atoms with Crippen molar-refractivity contribution in [1.82, 2.24) is 4.98 Å². The zero-order chi connectivity index (χ0) is 12.5. The summed E-state index contributed by atoms with van der Waals surface area (Å²) in [7, 11) is 1.32. The van der Waals surface area contributed by atoms with Crippen molar-refractivity contribution < 1.29 is 18.0 Å². The molecule has 0 bridgehead atoms. The predicted molar refractivity (Wildman–Crippen MR) is 53.3 cm³/mol. The summed E-state index contributed by atoms with van der Waals surface area (Å²) >= 11 is 5.46. The van der Waals surface area contributed by atoms with E-state index in [0.29, 0.717) is 6.07 Å². The largest absolute Gasteiger partial charge is 0.416 e. The minimum Gasteiger partial charge on any atom is -0.300 e. The monoisotopic (exact) mass is 252 g/mol. The number of anilines is 1. The number of hydrogen-bond donors (Lipinski definition) is 0. The van der Waals surface area contributed by atoms with Gasteiger partial charge in [0.25, 0.3) is 0 Å². The molecule has 0 aliphatic rings. The summed E-state index contributed by atoms with van der Waals surface area (Å²) in [5, 5.41) is -0.307. The number of hydrogen-bond acceptors (Lipinski definition) is 2. The third kappa shape index (κ3) is 2.85. The second-order valence-electron chi connectivity index (χ2n) is 3.11. The highest BCUT2D eigenvalue weighted by Crippen LogP contribution is 2.32. The molecule has 0 aromatic carbocycles. The lowest BCUT2D eigenvalue weighted by molar-refractivity contribution is -0.137. The van der Waals surface area contributed by atoms with Gasteiger partial charge in [0, 0.05) is 14.0 Å². The van der Waals surface area contributed by atoms with Gasteiger partial charge in [0.2, 0.25) is 5.91 Å². The van der Waals surface area contributed by atoms with E-state index in [9.17, 15) is 18.0 Å².